The molecule has 1 heterocycles. The van der Waals surface area contributed by atoms with Gasteiger partial charge in [-0.3, -0.25) is 0 Å². The summed E-state index contributed by atoms with van der Waals surface area (Å²) in [6, 6.07) is 3.49. The molecule has 0 aromatic heterocycles. The summed E-state index contributed by atoms with van der Waals surface area (Å²) in [5, 5.41) is 13.0. The minimum absolute atomic E-state index is 0.0477. The predicted octanol–water partition coefficient (Wildman–Crippen LogP) is 0.825. The number of carbonyl (C=O) groups excluding carboxylic acids is 1. The van der Waals surface area contributed by atoms with Gasteiger partial charge in [-0.2, -0.15) is 0 Å². The van der Waals surface area contributed by atoms with Crippen LogP contribution in [-0.4, -0.2) is 24.7 Å². The van der Waals surface area contributed by atoms with Gasteiger partial charge in [0, 0.05) is 12.1 Å². The molecule has 15 heavy (non-hydrogen) atoms. The van der Waals surface area contributed by atoms with Crippen molar-refractivity contribution in [3.8, 4) is 5.75 Å². The molecule has 2 N–H and O–H groups in total. The molecule has 1 aliphatic heterocycles. The molecule has 0 bridgehead atoms. The first kappa shape index (κ1) is 9.98. The number of ether oxygens (including phenoxy) is 1. The normalized spacial score (nSPS) is 14.5. The van der Waals surface area contributed by atoms with E-state index in [1.807, 2.05) is 6.07 Å². The van der Waals surface area contributed by atoms with Crippen molar-refractivity contribution in [2.24, 2.45) is 0 Å². The van der Waals surface area contributed by atoms with Crippen LogP contribution in [0.5, 0.6) is 5.75 Å². The third-order valence-electron chi connectivity index (χ3n) is 2.66. The van der Waals surface area contributed by atoms with Crippen molar-refractivity contribution in [2.45, 2.75) is 13.0 Å². The van der Waals surface area contributed by atoms with E-state index in [1.54, 1.807) is 6.07 Å². The molecule has 0 aliphatic carbocycles. The number of phenolic OH excluding ortho intramolecular Hbond substituents is 1. The fourth-order valence-electron chi connectivity index (χ4n) is 1.82. The molecule has 0 radical (unpaired) electrons. The van der Waals surface area contributed by atoms with Crippen molar-refractivity contribution in [1.29, 1.82) is 0 Å². The van der Waals surface area contributed by atoms with Gasteiger partial charge in [0.2, 0.25) is 0 Å². The molecule has 0 unspecified atom stereocenters. The highest BCUT2D eigenvalue weighted by Crippen LogP contribution is 2.28. The lowest BCUT2D eigenvalue weighted by molar-refractivity contribution is 0.0597. The zero-order valence-electron chi connectivity index (χ0n) is 8.54. The van der Waals surface area contributed by atoms with Gasteiger partial charge in [0.05, 0.1) is 7.11 Å². The minimum atomic E-state index is -0.499. The topological polar surface area (TPSA) is 58.6 Å². The lowest BCUT2D eigenvalue weighted by Gasteiger charge is -2.19. The van der Waals surface area contributed by atoms with E-state index in [9.17, 15) is 9.90 Å². The SMILES string of the molecule is COC(=O)c1ccc2c(c1O)CNCC2. The third kappa shape index (κ3) is 1.68. The summed E-state index contributed by atoms with van der Waals surface area (Å²) in [6.07, 6.45) is 0.879. The van der Waals surface area contributed by atoms with E-state index < -0.39 is 5.97 Å². The Hall–Kier alpha value is -1.55. The standard InChI is InChI=1S/C11H13NO3/c1-15-11(14)8-3-2-7-4-5-12-6-9(7)10(8)13/h2-3,12-13H,4-6H2,1H3. The van der Waals surface area contributed by atoms with Crippen molar-refractivity contribution in [3.05, 3.63) is 28.8 Å². The van der Waals surface area contributed by atoms with Gasteiger partial charge in [-0.1, -0.05) is 6.07 Å². The number of aromatic hydroxyl groups is 1. The molecule has 0 fully saturated rings. The van der Waals surface area contributed by atoms with Gasteiger partial charge in [-0.25, -0.2) is 4.79 Å². The maximum absolute atomic E-state index is 11.3. The van der Waals surface area contributed by atoms with Crippen LogP contribution in [0.25, 0.3) is 0 Å². The number of phenols is 1. The van der Waals surface area contributed by atoms with Crippen molar-refractivity contribution < 1.29 is 14.6 Å². The van der Waals surface area contributed by atoms with Crippen molar-refractivity contribution in [1.82, 2.24) is 5.32 Å². The molecular weight excluding hydrogens is 194 g/mol. The molecule has 0 spiro atoms. The van der Waals surface area contributed by atoms with Crippen LogP contribution in [0.15, 0.2) is 12.1 Å². The first-order valence-electron chi connectivity index (χ1n) is 4.87. The minimum Gasteiger partial charge on any atom is -0.507 e. The number of esters is 1. The Labute approximate surface area is 87.9 Å². The van der Waals surface area contributed by atoms with Crippen LogP contribution in [0.4, 0.5) is 0 Å². The maximum atomic E-state index is 11.3. The van der Waals surface area contributed by atoms with E-state index in [4.69, 9.17) is 0 Å². The summed E-state index contributed by atoms with van der Waals surface area (Å²) >= 11 is 0. The van der Waals surface area contributed by atoms with Crippen molar-refractivity contribution >= 4 is 5.97 Å². The number of rotatable bonds is 1. The molecular formula is C11H13NO3. The number of nitrogens with one attached hydrogen (secondary N) is 1. The van der Waals surface area contributed by atoms with Crippen LogP contribution in [0.1, 0.15) is 21.5 Å². The average molecular weight is 207 g/mol. The Bertz CT molecular complexity index is 401. The first-order valence-corrected chi connectivity index (χ1v) is 4.87. The van der Waals surface area contributed by atoms with Gasteiger partial charge in [-0.05, 0) is 24.6 Å². The lowest BCUT2D eigenvalue weighted by atomic mass is 9.97. The maximum Gasteiger partial charge on any atom is 0.341 e. The second-order valence-electron chi connectivity index (χ2n) is 3.52. The van der Waals surface area contributed by atoms with E-state index in [0.717, 1.165) is 24.1 Å². The van der Waals surface area contributed by atoms with Crippen LogP contribution >= 0.6 is 0 Å². The van der Waals surface area contributed by atoms with E-state index in [1.165, 1.54) is 7.11 Å². The Morgan fingerprint density at radius 2 is 2.33 bits per heavy atom. The summed E-state index contributed by atoms with van der Waals surface area (Å²) in [7, 11) is 1.31. The highest BCUT2D eigenvalue weighted by Gasteiger charge is 2.19. The summed E-state index contributed by atoms with van der Waals surface area (Å²) in [4.78, 5) is 11.3. The molecule has 4 nitrogen and oxygen atoms in total. The molecule has 0 amide bonds. The zero-order chi connectivity index (χ0) is 10.8. The Morgan fingerprint density at radius 1 is 1.53 bits per heavy atom. The van der Waals surface area contributed by atoms with Gasteiger partial charge >= 0.3 is 5.97 Å². The lowest BCUT2D eigenvalue weighted by Crippen LogP contribution is -2.24. The number of benzene rings is 1. The van der Waals surface area contributed by atoms with Crippen LogP contribution in [0.3, 0.4) is 0 Å². The number of methoxy groups -OCH3 is 1. The second-order valence-corrected chi connectivity index (χ2v) is 3.52. The fourth-order valence-corrected chi connectivity index (χ4v) is 1.82. The molecule has 1 aromatic carbocycles. The quantitative estimate of drug-likeness (QED) is 0.669. The highest BCUT2D eigenvalue weighted by atomic mass is 16.5. The molecule has 1 aliphatic rings. The highest BCUT2D eigenvalue weighted by molar-refractivity contribution is 5.93. The smallest absolute Gasteiger partial charge is 0.341 e. The van der Waals surface area contributed by atoms with Crippen LogP contribution in [0.2, 0.25) is 0 Å². The monoisotopic (exact) mass is 207 g/mol. The second kappa shape index (κ2) is 3.90. The van der Waals surface area contributed by atoms with Crippen LogP contribution < -0.4 is 5.32 Å². The Morgan fingerprint density at radius 3 is 3.07 bits per heavy atom. The zero-order valence-corrected chi connectivity index (χ0v) is 8.54. The molecule has 0 saturated heterocycles. The van der Waals surface area contributed by atoms with Gasteiger partial charge in [-0.15, -0.1) is 0 Å². The summed E-state index contributed by atoms with van der Waals surface area (Å²) in [6.45, 7) is 1.51. The Balaban J connectivity index is 2.47. The largest absolute Gasteiger partial charge is 0.507 e. The molecule has 2 rings (SSSR count). The number of hydrogen-bond acceptors (Lipinski definition) is 4. The van der Waals surface area contributed by atoms with Crippen LogP contribution in [-0.2, 0) is 17.7 Å². The summed E-state index contributed by atoms with van der Waals surface area (Å²) < 4.78 is 4.59. The van der Waals surface area contributed by atoms with Crippen molar-refractivity contribution in [3.63, 3.8) is 0 Å². The average Bonchev–Trinajstić information content (AvgIpc) is 2.29. The molecule has 0 saturated carbocycles. The number of fused-ring (bicyclic) bond motifs is 1. The van der Waals surface area contributed by atoms with E-state index >= 15 is 0 Å². The predicted molar refractivity (Wildman–Crippen MR) is 54.9 cm³/mol. The molecule has 80 valence electrons. The fraction of sp³-hybridized carbons (Fsp3) is 0.364. The number of hydrogen-bond donors (Lipinski definition) is 2. The van der Waals surface area contributed by atoms with Crippen molar-refractivity contribution in [2.75, 3.05) is 13.7 Å². The molecule has 4 heteroatoms. The third-order valence-corrected chi connectivity index (χ3v) is 2.66. The summed E-state index contributed by atoms with van der Waals surface area (Å²) in [5.41, 5.74) is 2.14. The molecule has 1 aromatic rings. The molecule has 0 atom stereocenters. The first-order chi connectivity index (χ1) is 7.24. The van der Waals surface area contributed by atoms with E-state index in [0.29, 0.717) is 6.54 Å². The van der Waals surface area contributed by atoms with E-state index in [-0.39, 0.29) is 11.3 Å². The van der Waals surface area contributed by atoms with Gasteiger partial charge in [0.1, 0.15) is 11.3 Å². The van der Waals surface area contributed by atoms with Crippen LogP contribution in [0, 0.1) is 0 Å². The van der Waals surface area contributed by atoms with Gasteiger partial charge in [0.15, 0.2) is 0 Å². The van der Waals surface area contributed by atoms with E-state index in [2.05, 4.69) is 10.1 Å². The number of carbonyl (C=O) groups is 1. The van der Waals surface area contributed by atoms with Gasteiger partial charge < -0.3 is 15.2 Å². The summed E-state index contributed by atoms with van der Waals surface area (Å²) in [5.74, 6) is -0.451. The van der Waals surface area contributed by atoms with Gasteiger partial charge in [0.25, 0.3) is 0 Å². The Kier molecular flexibility index (Phi) is 2.60.